The summed E-state index contributed by atoms with van der Waals surface area (Å²) in [7, 11) is 2.73. The number of nitrogens with one attached hydrogen (secondary N) is 1. The number of amides is 1. The summed E-state index contributed by atoms with van der Waals surface area (Å²) in [6, 6.07) is 0.860. The average molecular weight is 252 g/mol. The zero-order valence-electron chi connectivity index (χ0n) is 10.6. The van der Waals surface area contributed by atoms with Gasteiger partial charge >= 0.3 is 5.97 Å². The van der Waals surface area contributed by atoms with Gasteiger partial charge in [-0.3, -0.25) is 9.78 Å². The zero-order valence-corrected chi connectivity index (χ0v) is 10.6. The van der Waals surface area contributed by atoms with Crippen LogP contribution >= 0.6 is 0 Å². The second-order valence-corrected chi connectivity index (χ2v) is 3.53. The highest BCUT2D eigenvalue weighted by molar-refractivity contribution is 5.98. The van der Waals surface area contributed by atoms with Crippen molar-refractivity contribution in [2.24, 2.45) is 0 Å². The van der Waals surface area contributed by atoms with Crippen molar-refractivity contribution < 1.29 is 19.1 Å². The quantitative estimate of drug-likeness (QED) is 0.783. The maximum absolute atomic E-state index is 12.0. The molecule has 0 radical (unpaired) electrons. The highest BCUT2D eigenvalue weighted by Gasteiger charge is 2.21. The Morgan fingerprint density at radius 3 is 2.72 bits per heavy atom. The van der Waals surface area contributed by atoms with Crippen LogP contribution in [0.15, 0.2) is 18.5 Å². The molecule has 1 unspecified atom stereocenters. The van der Waals surface area contributed by atoms with E-state index in [2.05, 4.69) is 15.0 Å². The maximum atomic E-state index is 12.0. The van der Waals surface area contributed by atoms with Gasteiger partial charge in [-0.05, 0) is 12.5 Å². The smallest absolute Gasteiger partial charge is 0.328 e. The monoisotopic (exact) mass is 252 g/mol. The van der Waals surface area contributed by atoms with Crippen LogP contribution in [-0.4, -0.2) is 37.1 Å². The van der Waals surface area contributed by atoms with Gasteiger partial charge in [-0.15, -0.1) is 0 Å². The van der Waals surface area contributed by atoms with Crippen LogP contribution in [0.3, 0.4) is 0 Å². The predicted octanol–water partition coefficient (Wildman–Crippen LogP) is 0.772. The average Bonchev–Trinajstić information content (AvgIpc) is 2.43. The summed E-state index contributed by atoms with van der Waals surface area (Å²) in [5.41, 5.74) is 0.329. The normalized spacial score (nSPS) is 11.5. The minimum absolute atomic E-state index is 0.329. The van der Waals surface area contributed by atoms with Gasteiger partial charge in [0.15, 0.2) is 0 Å². The molecule has 0 aromatic carbocycles. The molecule has 0 fully saturated rings. The summed E-state index contributed by atoms with van der Waals surface area (Å²) in [6.07, 6.45) is 3.37. The maximum Gasteiger partial charge on any atom is 0.328 e. The molecule has 18 heavy (non-hydrogen) atoms. The Kier molecular flexibility index (Phi) is 5.10. The van der Waals surface area contributed by atoms with E-state index in [-0.39, 0.29) is 0 Å². The van der Waals surface area contributed by atoms with Crippen LogP contribution in [-0.2, 0) is 9.53 Å². The fraction of sp³-hybridized carbons (Fsp3) is 0.417. The van der Waals surface area contributed by atoms with E-state index < -0.39 is 17.9 Å². The lowest BCUT2D eigenvalue weighted by Gasteiger charge is -2.15. The summed E-state index contributed by atoms with van der Waals surface area (Å²) >= 11 is 0. The first-order valence-electron chi connectivity index (χ1n) is 5.50. The SMILES string of the molecule is CCC(NC(=O)c1ccncc1OC)C(=O)OC. The molecule has 0 bridgehead atoms. The van der Waals surface area contributed by atoms with Crippen molar-refractivity contribution in [3.63, 3.8) is 0 Å². The molecule has 0 saturated carbocycles. The number of rotatable bonds is 5. The Morgan fingerprint density at radius 2 is 2.17 bits per heavy atom. The largest absolute Gasteiger partial charge is 0.494 e. The molecular formula is C12H16N2O4. The summed E-state index contributed by atoms with van der Waals surface area (Å²) in [5.74, 6) is -0.514. The Morgan fingerprint density at radius 1 is 1.44 bits per heavy atom. The lowest BCUT2D eigenvalue weighted by Crippen LogP contribution is -2.41. The van der Waals surface area contributed by atoms with Crippen LogP contribution < -0.4 is 10.1 Å². The molecule has 0 aliphatic heterocycles. The van der Waals surface area contributed by atoms with Crippen molar-refractivity contribution in [3.8, 4) is 5.75 Å². The van der Waals surface area contributed by atoms with E-state index in [1.54, 1.807) is 6.92 Å². The topological polar surface area (TPSA) is 77.5 Å². The number of hydrogen-bond acceptors (Lipinski definition) is 5. The van der Waals surface area contributed by atoms with Crippen molar-refractivity contribution in [3.05, 3.63) is 24.0 Å². The zero-order chi connectivity index (χ0) is 13.5. The molecule has 1 N–H and O–H groups in total. The number of methoxy groups -OCH3 is 2. The van der Waals surface area contributed by atoms with Crippen molar-refractivity contribution in [2.75, 3.05) is 14.2 Å². The molecule has 0 aliphatic carbocycles. The van der Waals surface area contributed by atoms with Crippen LogP contribution in [0.25, 0.3) is 0 Å². The molecule has 1 atom stereocenters. The van der Waals surface area contributed by atoms with Crippen molar-refractivity contribution in [1.82, 2.24) is 10.3 Å². The Balaban J connectivity index is 2.84. The van der Waals surface area contributed by atoms with E-state index in [0.717, 1.165) is 0 Å². The molecule has 98 valence electrons. The number of esters is 1. The molecule has 1 aromatic heterocycles. The van der Waals surface area contributed by atoms with Crippen molar-refractivity contribution >= 4 is 11.9 Å². The van der Waals surface area contributed by atoms with E-state index in [4.69, 9.17) is 4.74 Å². The summed E-state index contributed by atoms with van der Waals surface area (Å²) < 4.78 is 9.63. The second kappa shape index (κ2) is 6.58. The van der Waals surface area contributed by atoms with Crippen LogP contribution in [0, 0.1) is 0 Å². The van der Waals surface area contributed by atoms with Gasteiger partial charge in [0.2, 0.25) is 0 Å². The fourth-order valence-corrected chi connectivity index (χ4v) is 1.44. The van der Waals surface area contributed by atoms with Gasteiger partial charge in [-0.1, -0.05) is 6.92 Å². The molecular weight excluding hydrogens is 236 g/mol. The molecule has 1 aromatic rings. The number of pyridine rings is 1. The Labute approximate surface area is 105 Å². The van der Waals surface area contributed by atoms with Crippen LogP contribution in [0.5, 0.6) is 5.75 Å². The third kappa shape index (κ3) is 3.19. The van der Waals surface area contributed by atoms with Crippen molar-refractivity contribution in [2.45, 2.75) is 19.4 Å². The molecule has 6 heteroatoms. The summed E-state index contributed by atoms with van der Waals surface area (Å²) in [5, 5.41) is 2.59. The Bertz CT molecular complexity index is 434. The van der Waals surface area contributed by atoms with E-state index >= 15 is 0 Å². The molecule has 6 nitrogen and oxygen atoms in total. The highest BCUT2D eigenvalue weighted by atomic mass is 16.5. The number of ether oxygens (including phenoxy) is 2. The minimum Gasteiger partial charge on any atom is -0.494 e. The third-order valence-electron chi connectivity index (χ3n) is 2.45. The van der Waals surface area contributed by atoms with E-state index in [1.807, 2.05) is 0 Å². The molecule has 0 saturated heterocycles. The van der Waals surface area contributed by atoms with Crippen molar-refractivity contribution in [1.29, 1.82) is 0 Å². The second-order valence-electron chi connectivity index (χ2n) is 3.53. The van der Waals surface area contributed by atoms with Gasteiger partial charge in [0.1, 0.15) is 11.8 Å². The van der Waals surface area contributed by atoms with Crippen LogP contribution in [0.1, 0.15) is 23.7 Å². The number of nitrogens with zero attached hydrogens (tertiary/aromatic N) is 1. The molecule has 1 heterocycles. The number of hydrogen-bond donors (Lipinski definition) is 1. The first-order chi connectivity index (χ1) is 8.63. The standard InChI is InChI=1S/C12H16N2O4/c1-4-9(12(16)18-3)14-11(15)8-5-6-13-7-10(8)17-2/h5-7,9H,4H2,1-3H3,(H,14,15). The molecule has 0 aliphatic rings. The van der Waals surface area contributed by atoms with Crippen LogP contribution in [0.2, 0.25) is 0 Å². The molecule has 1 amide bonds. The van der Waals surface area contributed by atoms with Gasteiger partial charge in [-0.2, -0.15) is 0 Å². The van der Waals surface area contributed by atoms with Gasteiger partial charge < -0.3 is 14.8 Å². The number of aromatic nitrogens is 1. The van der Waals surface area contributed by atoms with Gasteiger partial charge in [-0.25, -0.2) is 4.79 Å². The van der Waals surface area contributed by atoms with E-state index in [9.17, 15) is 9.59 Å². The third-order valence-corrected chi connectivity index (χ3v) is 2.45. The van der Waals surface area contributed by atoms with Gasteiger partial charge in [0.05, 0.1) is 26.0 Å². The predicted molar refractivity (Wildman–Crippen MR) is 64.4 cm³/mol. The number of carbonyl (C=O) groups excluding carboxylic acids is 2. The van der Waals surface area contributed by atoms with Gasteiger partial charge in [0, 0.05) is 6.20 Å². The lowest BCUT2D eigenvalue weighted by molar-refractivity contribution is -0.142. The van der Waals surface area contributed by atoms with E-state index in [1.165, 1.54) is 32.7 Å². The molecule has 0 spiro atoms. The summed E-state index contributed by atoms with van der Waals surface area (Å²) in [6.45, 7) is 1.78. The first kappa shape index (κ1) is 14.0. The minimum atomic E-state index is -0.666. The lowest BCUT2D eigenvalue weighted by atomic mass is 10.2. The fourth-order valence-electron chi connectivity index (χ4n) is 1.44. The highest BCUT2D eigenvalue weighted by Crippen LogP contribution is 2.15. The van der Waals surface area contributed by atoms with Crippen LogP contribution in [0.4, 0.5) is 0 Å². The Hall–Kier alpha value is -2.11. The molecule has 1 rings (SSSR count). The summed E-state index contributed by atoms with van der Waals surface area (Å²) in [4.78, 5) is 27.2. The van der Waals surface area contributed by atoms with E-state index in [0.29, 0.717) is 17.7 Å². The number of carbonyl (C=O) groups is 2. The first-order valence-corrected chi connectivity index (χ1v) is 5.50. The van der Waals surface area contributed by atoms with Gasteiger partial charge in [0.25, 0.3) is 5.91 Å².